The fourth-order valence-corrected chi connectivity index (χ4v) is 2.74. The molecule has 0 spiro atoms. The zero-order valence-corrected chi connectivity index (χ0v) is 17.3. The summed E-state index contributed by atoms with van der Waals surface area (Å²) in [6.07, 6.45) is 4.18. The molecule has 1 heterocycles. The molecular weight excluding hydrogens is 392 g/mol. The number of nitrogens with one attached hydrogen (secondary N) is 5. The average molecular weight is 425 g/mol. The first-order chi connectivity index (χ1) is 14.1. The molecule has 0 fully saturated rings. The van der Waals surface area contributed by atoms with Gasteiger partial charge in [-0.15, -0.1) is 0 Å². The van der Waals surface area contributed by atoms with Gasteiger partial charge in [0.1, 0.15) is 12.1 Å². The number of amides is 2. The summed E-state index contributed by atoms with van der Waals surface area (Å²) >= 11 is 0. The number of nitrogens with zero attached hydrogens (tertiary/aromatic N) is 1. The van der Waals surface area contributed by atoms with Crippen LogP contribution in [0.2, 0.25) is 0 Å². The molecule has 0 saturated carbocycles. The van der Waals surface area contributed by atoms with Gasteiger partial charge in [-0.05, 0) is 25.2 Å². The van der Waals surface area contributed by atoms with E-state index >= 15 is 0 Å². The zero-order chi connectivity index (χ0) is 22.7. The summed E-state index contributed by atoms with van der Waals surface area (Å²) in [7, 11) is 0. The van der Waals surface area contributed by atoms with Gasteiger partial charge >= 0.3 is 5.97 Å². The molecule has 2 amide bonds. The molecule has 0 saturated heterocycles. The lowest BCUT2D eigenvalue weighted by Crippen LogP contribution is -2.55. The molecule has 0 bridgehead atoms. The first kappa shape index (κ1) is 24.9. The number of imidazole rings is 1. The SMILES string of the molecule is CC(C)C[C@H](NC(=O)[C@H](Cc1c[nH]cn1)NC(=O)[C@@H](N)CCCNC(=N)N)C(=O)O. The molecule has 30 heavy (non-hydrogen) atoms. The highest BCUT2D eigenvalue weighted by Gasteiger charge is 2.29. The highest BCUT2D eigenvalue weighted by Crippen LogP contribution is 2.07. The van der Waals surface area contributed by atoms with Gasteiger partial charge < -0.3 is 37.5 Å². The number of aromatic amines is 1. The molecule has 12 heteroatoms. The number of aromatic nitrogens is 2. The molecule has 0 aromatic carbocycles. The van der Waals surface area contributed by atoms with E-state index in [-0.39, 0.29) is 24.7 Å². The van der Waals surface area contributed by atoms with Crippen LogP contribution in [-0.4, -0.2) is 63.5 Å². The van der Waals surface area contributed by atoms with Crippen LogP contribution in [0, 0.1) is 11.3 Å². The Morgan fingerprint density at radius 3 is 2.43 bits per heavy atom. The van der Waals surface area contributed by atoms with Crippen molar-refractivity contribution >= 4 is 23.7 Å². The summed E-state index contributed by atoms with van der Waals surface area (Å²) in [5, 5.41) is 24.2. The molecule has 12 nitrogen and oxygen atoms in total. The Hall–Kier alpha value is -3.15. The molecular formula is C18H32N8O4. The van der Waals surface area contributed by atoms with Crippen LogP contribution in [0.5, 0.6) is 0 Å². The normalized spacial score (nSPS) is 13.9. The summed E-state index contributed by atoms with van der Waals surface area (Å²) < 4.78 is 0. The first-order valence-corrected chi connectivity index (χ1v) is 9.74. The Morgan fingerprint density at radius 1 is 1.23 bits per heavy atom. The number of H-pyrrole nitrogens is 1. The van der Waals surface area contributed by atoms with Crippen LogP contribution in [0.1, 0.15) is 38.8 Å². The molecule has 1 aromatic heterocycles. The van der Waals surface area contributed by atoms with Crippen molar-refractivity contribution in [2.24, 2.45) is 17.4 Å². The maximum Gasteiger partial charge on any atom is 0.326 e. The van der Waals surface area contributed by atoms with E-state index in [1.807, 2.05) is 13.8 Å². The van der Waals surface area contributed by atoms with Crippen LogP contribution in [-0.2, 0) is 20.8 Å². The molecule has 0 aliphatic carbocycles. The highest BCUT2D eigenvalue weighted by molar-refractivity contribution is 5.91. The number of hydrogen-bond donors (Lipinski definition) is 8. The number of carbonyl (C=O) groups is 3. The van der Waals surface area contributed by atoms with Crippen LogP contribution < -0.4 is 27.4 Å². The lowest BCUT2D eigenvalue weighted by Gasteiger charge is -2.23. The van der Waals surface area contributed by atoms with E-state index in [0.29, 0.717) is 25.1 Å². The van der Waals surface area contributed by atoms with Gasteiger partial charge in [-0.1, -0.05) is 13.8 Å². The van der Waals surface area contributed by atoms with Crippen LogP contribution in [0.25, 0.3) is 0 Å². The maximum absolute atomic E-state index is 12.7. The Balaban J connectivity index is 2.76. The molecule has 0 radical (unpaired) electrons. The number of rotatable bonds is 13. The van der Waals surface area contributed by atoms with Gasteiger partial charge in [0.2, 0.25) is 11.8 Å². The molecule has 0 aliphatic heterocycles. The number of aliphatic carboxylic acids is 1. The summed E-state index contributed by atoms with van der Waals surface area (Å²) in [4.78, 5) is 43.5. The van der Waals surface area contributed by atoms with Gasteiger partial charge in [-0.2, -0.15) is 0 Å². The average Bonchev–Trinajstić information content (AvgIpc) is 3.16. The van der Waals surface area contributed by atoms with E-state index in [1.165, 1.54) is 6.33 Å². The van der Waals surface area contributed by atoms with Gasteiger partial charge in [-0.3, -0.25) is 15.0 Å². The third-order valence-corrected chi connectivity index (χ3v) is 4.27. The van der Waals surface area contributed by atoms with Crippen molar-refractivity contribution in [1.82, 2.24) is 25.9 Å². The number of nitrogens with two attached hydrogens (primary N) is 2. The molecule has 1 aromatic rings. The van der Waals surface area contributed by atoms with E-state index in [1.54, 1.807) is 6.20 Å². The van der Waals surface area contributed by atoms with Crippen LogP contribution >= 0.6 is 0 Å². The number of carboxylic acids is 1. The lowest BCUT2D eigenvalue weighted by atomic mass is 10.0. The molecule has 1 rings (SSSR count). The van der Waals surface area contributed by atoms with Crippen molar-refractivity contribution in [2.75, 3.05) is 6.54 Å². The maximum atomic E-state index is 12.7. The van der Waals surface area contributed by atoms with Crippen molar-refractivity contribution in [3.8, 4) is 0 Å². The van der Waals surface area contributed by atoms with Gasteiger partial charge in [0, 0.05) is 19.2 Å². The van der Waals surface area contributed by atoms with E-state index < -0.39 is 35.9 Å². The van der Waals surface area contributed by atoms with E-state index in [0.717, 1.165) is 0 Å². The van der Waals surface area contributed by atoms with Crippen molar-refractivity contribution in [2.45, 2.75) is 57.7 Å². The van der Waals surface area contributed by atoms with Crippen molar-refractivity contribution in [1.29, 1.82) is 5.41 Å². The molecule has 168 valence electrons. The number of guanidine groups is 1. The topological polar surface area (TPSA) is 212 Å². The van der Waals surface area contributed by atoms with Crippen LogP contribution in [0.4, 0.5) is 0 Å². The number of carbonyl (C=O) groups excluding carboxylic acids is 2. The second-order valence-electron chi connectivity index (χ2n) is 7.44. The van der Waals surface area contributed by atoms with E-state index in [9.17, 15) is 19.5 Å². The largest absolute Gasteiger partial charge is 0.480 e. The van der Waals surface area contributed by atoms with Gasteiger partial charge in [-0.25, -0.2) is 9.78 Å². The quantitative estimate of drug-likeness (QED) is 0.107. The lowest BCUT2D eigenvalue weighted by molar-refractivity contribution is -0.142. The zero-order valence-electron chi connectivity index (χ0n) is 17.3. The second kappa shape index (κ2) is 12.4. The summed E-state index contributed by atoms with van der Waals surface area (Å²) in [5.41, 5.74) is 11.6. The molecule has 3 atom stereocenters. The highest BCUT2D eigenvalue weighted by atomic mass is 16.4. The van der Waals surface area contributed by atoms with Crippen molar-refractivity contribution in [3.05, 3.63) is 18.2 Å². The molecule has 0 unspecified atom stereocenters. The minimum atomic E-state index is -1.14. The Bertz CT molecular complexity index is 707. The third kappa shape index (κ3) is 9.37. The minimum absolute atomic E-state index is 0.0582. The first-order valence-electron chi connectivity index (χ1n) is 9.74. The predicted octanol–water partition coefficient (Wildman–Crippen LogP) is -1.36. The Kier molecular flexibility index (Phi) is 10.3. The van der Waals surface area contributed by atoms with Crippen LogP contribution in [0.3, 0.4) is 0 Å². The number of carboxylic acid groups (broad SMARTS) is 1. The van der Waals surface area contributed by atoms with E-state index in [2.05, 4.69) is 25.9 Å². The molecule has 0 aliphatic rings. The van der Waals surface area contributed by atoms with Gasteiger partial charge in [0.15, 0.2) is 5.96 Å². The van der Waals surface area contributed by atoms with Gasteiger partial charge in [0.25, 0.3) is 0 Å². The van der Waals surface area contributed by atoms with Crippen molar-refractivity contribution in [3.63, 3.8) is 0 Å². The summed E-state index contributed by atoms with van der Waals surface area (Å²) in [6.45, 7) is 4.10. The Labute approximate surface area is 175 Å². The van der Waals surface area contributed by atoms with Gasteiger partial charge in [0.05, 0.1) is 18.1 Å². The standard InChI is InChI=1S/C18H32N8O4/c1-10(2)6-14(17(29)30)26-16(28)13(7-11-8-22-9-24-11)25-15(27)12(19)4-3-5-23-18(20)21/h8-10,12-14H,3-7,19H2,1-2H3,(H,22,24)(H,25,27)(H,26,28)(H,29,30)(H4,20,21,23)/t12-,13-,14-/m0/s1. The number of hydrogen-bond acceptors (Lipinski definition) is 6. The summed E-state index contributed by atoms with van der Waals surface area (Å²) in [6, 6.07) is -2.97. The third-order valence-electron chi connectivity index (χ3n) is 4.27. The summed E-state index contributed by atoms with van der Waals surface area (Å²) in [5.74, 6) is -2.41. The fourth-order valence-electron chi connectivity index (χ4n) is 2.74. The minimum Gasteiger partial charge on any atom is -0.480 e. The fraction of sp³-hybridized carbons (Fsp3) is 0.611. The predicted molar refractivity (Wildman–Crippen MR) is 110 cm³/mol. The Morgan fingerprint density at radius 2 is 1.90 bits per heavy atom. The molecule has 10 N–H and O–H groups in total. The second-order valence-corrected chi connectivity index (χ2v) is 7.44. The smallest absolute Gasteiger partial charge is 0.326 e. The van der Waals surface area contributed by atoms with Crippen LogP contribution in [0.15, 0.2) is 12.5 Å². The monoisotopic (exact) mass is 424 g/mol. The van der Waals surface area contributed by atoms with E-state index in [4.69, 9.17) is 16.9 Å². The van der Waals surface area contributed by atoms with Crippen molar-refractivity contribution < 1.29 is 19.5 Å².